The van der Waals surface area contributed by atoms with Crippen molar-refractivity contribution in [1.82, 2.24) is 9.55 Å². The number of nitrogens with two attached hydrogens (primary N) is 1. The van der Waals surface area contributed by atoms with Gasteiger partial charge in [-0.05, 0) is 32.0 Å². The van der Waals surface area contributed by atoms with Crippen LogP contribution in [0.1, 0.15) is 13.8 Å². The van der Waals surface area contributed by atoms with E-state index in [0.717, 1.165) is 11.0 Å². The monoisotopic (exact) mass is 253 g/mol. The number of halogens is 1. The van der Waals surface area contributed by atoms with E-state index in [1.165, 1.54) is 0 Å². The highest BCUT2D eigenvalue weighted by Gasteiger charge is 2.08. The molecule has 0 fully saturated rings. The maximum Gasteiger partial charge on any atom is 0.201 e. The molecule has 0 aliphatic carbocycles. The van der Waals surface area contributed by atoms with Crippen molar-refractivity contribution in [3.8, 4) is 0 Å². The smallest absolute Gasteiger partial charge is 0.201 e. The Morgan fingerprint density at radius 2 is 2.24 bits per heavy atom. The Bertz CT molecular complexity index is 522. The van der Waals surface area contributed by atoms with E-state index in [1.54, 1.807) is 0 Å². The van der Waals surface area contributed by atoms with Crippen molar-refractivity contribution in [3.63, 3.8) is 0 Å². The summed E-state index contributed by atoms with van der Waals surface area (Å²) in [4.78, 5) is 4.28. The van der Waals surface area contributed by atoms with Crippen LogP contribution in [0.2, 0.25) is 5.02 Å². The number of ether oxygens (including phenoxy) is 1. The van der Waals surface area contributed by atoms with Crippen molar-refractivity contribution in [2.45, 2.75) is 26.5 Å². The molecule has 0 bridgehead atoms. The Morgan fingerprint density at radius 3 is 2.94 bits per heavy atom. The van der Waals surface area contributed by atoms with E-state index in [0.29, 0.717) is 24.1 Å². The summed E-state index contributed by atoms with van der Waals surface area (Å²) in [5.41, 5.74) is 7.68. The molecule has 2 aromatic rings. The van der Waals surface area contributed by atoms with Crippen molar-refractivity contribution in [2.75, 3.05) is 12.3 Å². The molecule has 2 N–H and O–H groups in total. The van der Waals surface area contributed by atoms with Crippen molar-refractivity contribution in [2.24, 2.45) is 0 Å². The van der Waals surface area contributed by atoms with E-state index in [1.807, 2.05) is 36.6 Å². The van der Waals surface area contributed by atoms with E-state index >= 15 is 0 Å². The van der Waals surface area contributed by atoms with Gasteiger partial charge in [-0.25, -0.2) is 4.98 Å². The van der Waals surface area contributed by atoms with Crippen molar-refractivity contribution in [3.05, 3.63) is 23.2 Å². The molecule has 0 spiro atoms. The summed E-state index contributed by atoms with van der Waals surface area (Å²) in [6.07, 6.45) is 0.217. The predicted molar refractivity (Wildman–Crippen MR) is 70.2 cm³/mol. The normalized spacial score (nSPS) is 11.5. The molecule has 1 aromatic carbocycles. The third kappa shape index (κ3) is 2.70. The number of hydrogen-bond donors (Lipinski definition) is 1. The Balaban J connectivity index is 2.26. The highest BCUT2D eigenvalue weighted by molar-refractivity contribution is 6.31. The topological polar surface area (TPSA) is 53.1 Å². The van der Waals surface area contributed by atoms with Gasteiger partial charge in [0, 0.05) is 11.6 Å². The summed E-state index contributed by atoms with van der Waals surface area (Å²) in [5, 5.41) is 0.684. The van der Waals surface area contributed by atoms with Crippen LogP contribution in [0.25, 0.3) is 11.0 Å². The second-order valence-electron chi connectivity index (χ2n) is 4.17. The molecule has 2 rings (SSSR count). The molecule has 0 unspecified atom stereocenters. The molecule has 0 radical (unpaired) electrons. The first-order chi connectivity index (χ1) is 8.08. The van der Waals surface area contributed by atoms with Gasteiger partial charge in [0.2, 0.25) is 5.95 Å². The molecule has 92 valence electrons. The van der Waals surface area contributed by atoms with Gasteiger partial charge in [-0.2, -0.15) is 0 Å². The molecule has 0 aliphatic rings. The third-order valence-corrected chi connectivity index (χ3v) is 2.74. The van der Waals surface area contributed by atoms with Gasteiger partial charge in [-0.3, -0.25) is 0 Å². The lowest BCUT2D eigenvalue weighted by Gasteiger charge is -2.09. The minimum Gasteiger partial charge on any atom is -0.377 e. The molecule has 0 amide bonds. The van der Waals surface area contributed by atoms with Crippen LogP contribution in [0.5, 0.6) is 0 Å². The van der Waals surface area contributed by atoms with Crippen LogP contribution in [0.4, 0.5) is 5.95 Å². The first-order valence-electron chi connectivity index (χ1n) is 5.61. The molecule has 0 saturated carbocycles. The zero-order chi connectivity index (χ0) is 12.4. The van der Waals surface area contributed by atoms with Crippen molar-refractivity contribution < 1.29 is 4.74 Å². The van der Waals surface area contributed by atoms with E-state index < -0.39 is 0 Å². The largest absolute Gasteiger partial charge is 0.377 e. The summed E-state index contributed by atoms with van der Waals surface area (Å²) >= 11 is 5.97. The Morgan fingerprint density at radius 1 is 1.47 bits per heavy atom. The van der Waals surface area contributed by atoms with Crippen LogP contribution in [0.3, 0.4) is 0 Å². The van der Waals surface area contributed by atoms with E-state index in [4.69, 9.17) is 22.1 Å². The highest BCUT2D eigenvalue weighted by Crippen LogP contribution is 2.21. The summed E-state index contributed by atoms with van der Waals surface area (Å²) in [6, 6.07) is 5.55. The molecular formula is C12H16ClN3O. The number of imidazole rings is 1. The average molecular weight is 254 g/mol. The average Bonchev–Trinajstić information content (AvgIpc) is 2.55. The number of fused-ring (bicyclic) bond motifs is 1. The highest BCUT2D eigenvalue weighted by atomic mass is 35.5. The van der Waals surface area contributed by atoms with Gasteiger partial charge >= 0.3 is 0 Å². The molecule has 0 saturated heterocycles. The van der Waals surface area contributed by atoms with Crippen LogP contribution < -0.4 is 5.73 Å². The zero-order valence-corrected chi connectivity index (χ0v) is 10.7. The molecule has 17 heavy (non-hydrogen) atoms. The minimum atomic E-state index is 0.217. The minimum absolute atomic E-state index is 0.217. The van der Waals surface area contributed by atoms with Crippen LogP contribution >= 0.6 is 11.6 Å². The standard InChI is InChI=1S/C12H16ClN3O/c1-8(2)17-6-5-16-11-7-9(13)3-4-10(11)15-12(16)14/h3-4,7-8H,5-6H2,1-2H3,(H2,14,15). The quantitative estimate of drug-likeness (QED) is 0.912. The lowest BCUT2D eigenvalue weighted by molar-refractivity contribution is 0.0735. The van der Waals surface area contributed by atoms with E-state index in [-0.39, 0.29) is 6.10 Å². The summed E-state index contributed by atoms with van der Waals surface area (Å²) in [6.45, 7) is 5.30. The molecule has 5 heteroatoms. The molecule has 1 heterocycles. The third-order valence-electron chi connectivity index (χ3n) is 2.51. The number of rotatable bonds is 4. The summed E-state index contributed by atoms with van der Waals surface area (Å²) < 4.78 is 7.43. The van der Waals surface area contributed by atoms with Crippen LogP contribution in [-0.4, -0.2) is 22.3 Å². The van der Waals surface area contributed by atoms with E-state index in [9.17, 15) is 0 Å². The fourth-order valence-electron chi connectivity index (χ4n) is 1.73. The van der Waals surface area contributed by atoms with Gasteiger partial charge in [0.1, 0.15) is 0 Å². The van der Waals surface area contributed by atoms with Crippen molar-refractivity contribution >= 4 is 28.6 Å². The first kappa shape index (κ1) is 12.2. The lowest BCUT2D eigenvalue weighted by Crippen LogP contribution is -2.12. The second kappa shape index (κ2) is 4.94. The number of benzene rings is 1. The molecule has 1 aromatic heterocycles. The number of hydrogen-bond acceptors (Lipinski definition) is 3. The number of nitrogen functional groups attached to an aromatic ring is 1. The van der Waals surface area contributed by atoms with Gasteiger partial charge < -0.3 is 15.0 Å². The Kier molecular flexibility index (Phi) is 3.54. The van der Waals surface area contributed by atoms with Gasteiger partial charge in [0.05, 0.1) is 23.7 Å². The zero-order valence-electron chi connectivity index (χ0n) is 9.98. The van der Waals surface area contributed by atoms with Crippen LogP contribution in [0, 0.1) is 0 Å². The summed E-state index contributed by atoms with van der Waals surface area (Å²) in [7, 11) is 0. The fourth-order valence-corrected chi connectivity index (χ4v) is 1.90. The second-order valence-corrected chi connectivity index (χ2v) is 4.61. The number of aromatic nitrogens is 2. The van der Waals surface area contributed by atoms with Crippen LogP contribution in [0.15, 0.2) is 18.2 Å². The van der Waals surface area contributed by atoms with Crippen LogP contribution in [-0.2, 0) is 11.3 Å². The van der Waals surface area contributed by atoms with Gasteiger partial charge in [-0.1, -0.05) is 11.6 Å². The Labute approximate surface area is 105 Å². The number of anilines is 1. The molecule has 0 aliphatic heterocycles. The lowest BCUT2D eigenvalue weighted by atomic mass is 10.3. The van der Waals surface area contributed by atoms with Gasteiger partial charge in [0.25, 0.3) is 0 Å². The first-order valence-corrected chi connectivity index (χ1v) is 5.98. The van der Waals surface area contributed by atoms with Gasteiger partial charge in [-0.15, -0.1) is 0 Å². The van der Waals surface area contributed by atoms with Crippen molar-refractivity contribution in [1.29, 1.82) is 0 Å². The van der Waals surface area contributed by atoms with E-state index in [2.05, 4.69) is 4.98 Å². The maximum absolute atomic E-state index is 5.97. The fraction of sp³-hybridized carbons (Fsp3) is 0.417. The SMILES string of the molecule is CC(C)OCCn1c(N)nc2ccc(Cl)cc21. The molecular weight excluding hydrogens is 238 g/mol. The maximum atomic E-state index is 5.97. The number of nitrogens with zero attached hydrogens (tertiary/aromatic N) is 2. The van der Waals surface area contributed by atoms with Gasteiger partial charge in [0.15, 0.2) is 0 Å². The Hall–Kier alpha value is -1.26. The molecule has 0 atom stereocenters. The predicted octanol–water partition coefficient (Wildman–Crippen LogP) is 2.70. The summed E-state index contributed by atoms with van der Waals surface area (Å²) in [5.74, 6) is 0.495. The molecule has 4 nitrogen and oxygen atoms in total.